The van der Waals surface area contributed by atoms with Crippen molar-refractivity contribution in [3.8, 4) is 11.5 Å². The molecule has 0 spiro atoms. The summed E-state index contributed by atoms with van der Waals surface area (Å²) < 4.78 is 21.9. The monoisotopic (exact) mass is 592 g/mol. The SMILES string of the molecule is CC(=O)O[C@H]1[C@H](O)[C@@H](O[C@H](C=NCc2ccc(O)cc2)[C@H](CO)O[C@@H](O)C=NCc2ccc(O)cc2)O[C@@H](CO)[C@@H]1O. The first kappa shape index (κ1) is 33.0. The number of aliphatic hydroxyl groups is 5. The lowest BCUT2D eigenvalue weighted by Crippen LogP contribution is -2.61. The molecule has 7 N–H and O–H groups in total. The Balaban J connectivity index is 1.77. The van der Waals surface area contributed by atoms with Crippen LogP contribution in [0.3, 0.4) is 0 Å². The number of carbonyl (C=O) groups excluding carboxylic acids is 1. The van der Waals surface area contributed by atoms with E-state index in [9.17, 15) is 40.5 Å². The molecule has 0 saturated carbocycles. The van der Waals surface area contributed by atoms with Crippen molar-refractivity contribution in [1.29, 1.82) is 0 Å². The topological polar surface area (TPSA) is 220 Å². The lowest BCUT2D eigenvalue weighted by molar-refractivity contribution is -0.315. The number of hydrogen-bond donors (Lipinski definition) is 7. The van der Waals surface area contributed by atoms with Crippen molar-refractivity contribution in [3.05, 3.63) is 59.7 Å². The number of phenols is 2. The molecule has 0 bridgehead atoms. The summed E-state index contributed by atoms with van der Waals surface area (Å²) in [6.07, 6.45) is -9.46. The van der Waals surface area contributed by atoms with Crippen LogP contribution >= 0.6 is 0 Å². The lowest BCUT2D eigenvalue weighted by atomic mass is 9.99. The van der Waals surface area contributed by atoms with Crippen molar-refractivity contribution in [2.24, 2.45) is 9.98 Å². The Morgan fingerprint density at radius 1 is 0.929 bits per heavy atom. The Kier molecular flexibility index (Phi) is 12.8. The molecule has 1 heterocycles. The van der Waals surface area contributed by atoms with Crippen LogP contribution < -0.4 is 0 Å². The second kappa shape index (κ2) is 16.2. The summed E-state index contributed by atoms with van der Waals surface area (Å²) >= 11 is 0. The molecule has 1 fully saturated rings. The number of carbonyl (C=O) groups is 1. The van der Waals surface area contributed by atoms with Gasteiger partial charge >= 0.3 is 5.97 Å². The third kappa shape index (κ3) is 9.82. The molecular weight excluding hydrogens is 556 g/mol. The maximum Gasteiger partial charge on any atom is 0.303 e. The molecule has 14 nitrogen and oxygen atoms in total. The van der Waals surface area contributed by atoms with Crippen molar-refractivity contribution in [3.63, 3.8) is 0 Å². The van der Waals surface area contributed by atoms with E-state index in [-0.39, 0.29) is 24.6 Å². The summed E-state index contributed by atoms with van der Waals surface area (Å²) in [5.41, 5.74) is 1.47. The normalized spacial score (nSPS) is 25.0. The largest absolute Gasteiger partial charge is 0.508 e. The number of ether oxygens (including phenoxy) is 4. The van der Waals surface area contributed by atoms with E-state index in [1.807, 2.05) is 0 Å². The van der Waals surface area contributed by atoms with Crippen molar-refractivity contribution < 1.29 is 59.5 Å². The summed E-state index contributed by atoms with van der Waals surface area (Å²) in [7, 11) is 0. The average Bonchev–Trinajstić information content (AvgIpc) is 2.96. The molecule has 0 aromatic heterocycles. The zero-order chi connectivity index (χ0) is 30.6. The highest BCUT2D eigenvalue weighted by atomic mass is 16.7. The number of benzene rings is 2. The van der Waals surface area contributed by atoms with Gasteiger partial charge in [0, 0.05) is 13.1 Å². The van der Waals surface area contributed by atoms with Crippen LogP contribution in [-0.4, -0.2) is 117 Å². The van der Waals surface area contributed by atoms with E-state index < -0.39 is 68.4 Å². The minimum absolute atomic E-state index is 0.0742. The van der Waals surface area contributed by atoms with Crippen molar-refractivity contribution in [2.75, 3.05) is 13.2 Å². The minimum Gasteiger partial charge on any atom is -0.508 e. The van der Waals surface area contributed by atoms with Gasteiger partial charge in [-0.25, -0.2) is 0 Å². The number of hydrogen-bond acceptors (Lipinski definition) is 14. The average molecular weight is 593 g/mol. The molecule has 42 heavy (non-hydrogen) atoms. The van der Waals surface area contributed by atoms with E-state index >= 15 is 0 Å². The van der Waals surface area contributed by atoms with Crippen LogP contribution in [0.5, 0.6) is 11.5 Å². The van der Waals surface area contributed by atoms with E-state index in [1.54, 1.807) is 24.3 Å². The molecule has 1 aliphatic heterocycles. The van der Waals surface area contributed by atoms with Gasteiger partial charge in [-0.3, -0.25) is 14.8 Å². The zero-order valence-corrected chi connectivity index (χ0v) is 22.8. The Hall–Kier alpha value is -3.47. The molecule has 8 atom stereocenters. The molecule has 230 valence electrons. The van der Waals surface area contributed by atoms with Gasteiger partial charge in [0.05, 0.1) is 32.5 Å². The van der Waals surface area contributed by atoms with Gasteiger partial charge < -0.3 is 54.7 Å². The van der Waals surface area contributed by atoms with Gasteiger partial charge in [-0.1, -0.05) is 24.3 Å². The first-order valence-corrected chi connectivity index (χ1v) is 13.1. The van der Waals surface area contributed by atoms with E-state index in [0.717, 1.165) is 24.3 Å². The lowest BCUT2D eigenvalue weighted by Gasteiger charge is -2.42. The van der Waals surface area contributed by atoms with E-state index in [1.165, 1.54) is 30.5 Å². The van der Waals surface area contributed by atoms with E-state index in [0.29, 0.717) is 0 Å². The minimum atomic E-state index is -1.71. The summed E-state index contributed by atoms with van der Waals surface area (Å²) in [5.74, 6) is -0.625. The Morgan fingerprint density at radius 3 is 1.98 bits per heavy atom. The summed E-state index contributed by atoms with van der Waals surface area (Å²) in [5, 5.41) is 70.2. The predicted molar refractivity (Wildman–Crippen MR) is 147 cm³/mol. The number of aliphatic imine (C=N–C) groups is 2. The molecule has 1 aliphatic rings. The van der Waals surface area contributed by atoms with Gasteiger partial charge in [0.15, 0.2) is 18.7 Å². The number of aromatic hydroxyl groups is 2. The van der Waals surface area contributed by atoms with Gasteiger partial charge in [0.1, 0.15) is 42.0 Å². The second-order valence-electron chi connectivity index (χ2n) is 9.44. The Morgan fingerprint density at radius 2 is 1.48 bits per heavy atom. The molecular formula is C28H36N2O12. The van der Waals surface area contributed by atoms with Gasteiger partial charge in [-0.2, -0.15) is 0 Å². The fourth-order valence-electron chi connectivity index (χ4n) is 4.02. The first-order chi connectivity index (χ1) is 20.1. The summed E-state index contributed by atoms with van der Waals surface area (Å²) in [4.78, 5) is 19.9. The molecule has 1 saturated heterocycles. The van der Waals surface area contributed by atoms with Gasteiger partial charge in [0.25, 0.3) is 0 Å². The van der Waals surface area contributed by atoms with Crippen LogP contribution in [0, 0.1) is 0 Å². The van der Waals surface area contributed by atoms with Crippen LogP contribution in [0.15, 0.2) is 58.5 Å². The molecule has 3 rings (SSSR count). The maximum absolute atomic E-state index is 11.6. The predicted octanol–water partition coefficient (Wildman–Crippen LogP) is -0.609. The summed E-state index contributed by atoms with van der Waals surface area (Å²) in [6, 6.07) is 12.5. The molecule has 2 aromatic rings. The zero-order valence-electron chi connectivity index (χ0n) is 22.8. The standard InChI is InChI=1S/C28H36N2O12/c1-16(33)39-27-25(37)23(15-32)42-28(26(27)38)41-21(12-29-10-17-2-6-19(34)7-3-17)22(14-31)40-24(36)13-30-11-18-4-8-20(35)9-5-18/h2-9,12-13,21-28,31-32,34-38H,10-11,14-15H2,1H3/t21-,22+,23+,24-,25+,26+,27-,28+/m1/s1. The van der Waals surface area contributed by atoms with Crippen LogP contribution in [0.25, 0.3) is 0 Å². The number of nitrogens with zero attached hydrogens (tertiary/aromatic N) is 2. The third-order valence-electron chi connectivity index (χ3n) is 6.18. The Bertz CT molecular complexity index is 1160. The highest BCUT2D eigenvalue weighted by Gasteiger charge is 2.48. The first-order valence-electron chi connectivity index (χ1n) is 13.1. The van der Waals surface area contributed by atoms with E-state index in [2.05, 4.69) is 9.98 Å². The molecule has 0 radical (unpaired) electrons. The smallest absolute Gasteiger partial charge is 0.303 e. The fourth-order valence-corrected chi connectivity index (χ4v) is 4.02. The number of aliphatic hydroxyl groups excluding tert-OH is 5. The summed E-state index contributed by atoms with van der Waals surface area (Å²) in [6.45, 7) is -0.0138. The van der Waals surface area contributed by atoms with Crippen LogP contribution in [0.2, 0.25) is 0 Å². The van der Waals surface area contributed by atoms with Crippen molar-refractivity contribution in [2.45, 2.75) is 69.2 Å². The number of phenolic OH excluding ortho intramolecular Hbond substituents is 2. The Labute approximate surface area is 241 Å². The quantitative estimate of drug-likeness (QED) is 0.0830. The highest BCUT2D eigenvalue weighted by Crippen LogP contribution is 2.26. The molecule has 0 aliphatic carbocycles. The molecule has 14 heteroatoms. The van der Waals surface area contributed by atoms with Crippen molar-refractivity contribution in [1.82, 2.24) is 0 Å². The van der Waals surface area contributed by atoms with Crippen LogP contribution in [0.1, 0.15) is 18.1 Å². The van der Waals surface area contributed by atoms with E-state index in [4.69, 9.17) is 18.9 Å². The second-order valence-corrected chi connectivity index (χ2v) is 9.44. The molecule has 2 aromatic carbocycles. The molecule has 0 amide bonds. The van der Waals surface area contributed by atoms with Gasteiger partial charge in [-0.15, -0.1) is 0 Å². The maximum atomic E-state index is 11.6. The number of rotatable bonds is 14. The van der Waals surface area contributed by atoms with Gasteiger partial charge in [0.2, 0.25) is 0 Å². The fraction of sp³-hybridized carbons (Fsp3) is 0.464. The number of esters is 1. The third-order valence-corrected chi connectivity index (χ3v) is 6.18. The van der Waals surface area contributed by atoms with Gasteiger partial charge in [-0.05, 0) is 35.4 Å². The van der Waals surface area contributed by atoms with Crippen molar-refractivity contribution >= 4 is 18.4 Å². The molecule has 0 unspecified atom stereocenters. The highest BCUT2D eigenvalue weighted by molar-refractivity contribution is 5.66. The van der Waals surface area contributed by atoms with Crippen LogP contribution in [0.4, 0.5) is 0 Å². The van der Waals surface area contributed by atoms with Crippen LogP contribution in [-0.2, 0) is 36.8 Å².